The molecule has 1 heterocycles. The molecule has 2 N–H and O–H groups in total. The standard InChI is InChI=1S/C16H24N2O2/c1-12(15-8-9-20-11-15)17-10-16(19)18-13(2)14-6-4-3-5-7-14/h3-7,12-13,15,17H,8-11H2,1-2H3,(H,18,19)/t12-,13+,15-/m1/s1. The molecule has 1 saturated heterocycles. The average molecular weight is 276 g/mol. The molecule has 0 aliphatic carbocycles. The van der Waals surface area contributed by atoms with Crippen LogP contribution in [0.1, 0.15) is 31.9 Å². The average Bonchev–Trinajstić information content (AvgIpc) is 3.00. The maximum Gasteiger partial charge on any atom is 0.234 e. The maximum absolute atomic E-state index is 11.9. The lowest BCUT2D eigenvalue weighted by Crippen LogP contribution is -2.42. The van der Waals surface area contributed by atoms with Gasteiger partial charge in [0.1, 0.15) is 0 Å². The lowest BCUT2D eigenvalue weighted by Gasteiger charge is -2.20. The fraction of sp³-hybridized carbons (Fsp3) is 0.562. The number of benzene rings is 1. The molecule has 110 valence electrons. The first-order valence-electron chi connectivity index (χ1n) is 7.32. The van der Waals surface area contributed by atoms with Crippen molar-refractivity contribution in [3.63, 3.8) is 0 Å². The van der Waals surface area contributed by atoms with Crippen LogP contribution in [0, 0.1) is 5.92 Å². The van der Waals surface area contributed by atoms with E-state index in [1.165, 1.54) is 0 Å². The lowest BCUT2D eigenvalue weighted by atomic mass is 10.0. The Hall–Kier alpha value is -1.39. The molecule has 0 spiro atoms. The first-order valence-corrected chi connectivity index (χ1v) is 7.32. The Morgan fingerprint density at radius 3 is 2.75 bits per heavy atom. The van der Waals surface area contributed by atoms with Crippen molar-refractivity contribution in [3.8, 4) is 0 Å². The van der Waals surface area contributed by atoms with Crippen LogP contribution in [0.15, 0.2) is 30.3 Å². The number of hydrogen-bond acceptors (Lipinski definition) is 3. The molecule has 0 unspecified atom stereocenters. The first-order chi connectivity index (χ1) is 9.66. The van der Waals surface area contributed by atoms with E-state index >= 15 is 0 Å². The zero-order chi connectivity index (χ0) is 14.4. The van der Waals surface area contributed by atoms with Gasteiger partial charge < -0.3 is 15.4 Å². The molecule has 1 aromatic rings. The Balaban J connectivity index is 1.72. The molecule has 1 aliphatic heterocycles. The Kier molecular flexibility index (Phi) is 5.56. The van der Waals surface area contributed by atoms with Gasteiger partial charge in [-0.1, -0.05) is 30.3 Å². The first kappa shape index (κ1) is 15.0. The van der Waals surface area contributed by atoms with E-state index in [2.05, 4.69) is 17.6 Å². The summed E-state index contributed by atoms with van der Waals surface area (Å²) in [5, 5.41) is 6.30. The molecule has 1 aromatic carbocycles. The fourth-order valence-corrected chi connectivity index (χ4v) is 2.48. The molecule has 0 radical (unpaired) electrons. The van der Waals surface area contributed by atoms with E-state index in [0.717, 1.165) is 25.2 Å². The van der Waals surface area contributed by atoms with Gasteiger partial charge in [-0.25, -0.2) is 0 Å². The van der Waals surface area contributed by atoms with E-state index < -0.39 is 0 Å². The summed E-state index contributed by atoms with van der Waals surface area (Å²) in [6.45, 7) is 6.12. The third kappa shape index (κ3) is 4.32. The van der Waals surface area contributed by atoms with Gasteiger partial charge in [-0.15, -0.1) is 0 Å². The molecule has 2 rings (SSSR count). The minimum absolute atomic E-state index is 0.0344. The van der Waals surface area contributed by atoms with Crippen LogP contribution < -0.4 is 10.6 Å². The van der Waals surface area contributed by atoms with Crippen molar-refractivity contribution in [2.45, 2.75) is 32.4 Å². The zero-order valence-electron chi connectivity index (χ0n) is 12.3. The highest BCUT2D eigenvalue weighted by atomic mass is 16.5. The van der Waals surface area contributed by atoms with Crippen LogP contribution in [0.2, 0.25) is 0 Å². The van der Waals surface area contributed by atoms with E-state index in [1.54, 1.807) is 0 Å². The number of carbonyl (C=O) groups excluding carboxylic acids is 1. The quantitative estimate of drug-likeness (QED) is 0.834. The molecule has 1 aliphatic rings. The fourth-order valence-electron chi connectivity index (χ4n) is 2.48. The Bertz CT molecular complexity index is 416. The monoisotopic (exact) mass is 276 g/mol. The predicted molar refractivity (Wildman–Crippen MR) is 79.4 cm³/mol. The molecule has 1 amide bonds. The second-order valence-corrected chi connectivity index (χ2v) is 5.49. The van der Waals surface area contributed by atoms with Gasteiger partial charge >= 0.3 is 0 Å². The van der Waals surface area contributed by atoms with Gasteiger partial charge in [-0.2, -0.15) is 0 Å². The van der Waals surface area contributed by atoms with Crippen molar-refractivity contribution in [2.24, 2.45) is 5.92 Å². The summed E-state index contributed by atoms with van der Waals surface area (Å²) < 4.78 is 5.37. The van der Waals surface area contributed by atoms with Crippen molar-refractivity contribution in [1.29, 1.82) is 0 Å². The molecule has 0 saturated carbocycles. The molecule has 4 heteroatoms. The maximum atomic E-state index is 11.9. The van der Waals surface area contributed by atoms with Gasteiger partial charge in [-0.3, -0.25) is 4.79 Å². The largest absolute Gasteiger partial charge is 0.381 e. The van der Waals surface area contributed by atoms with E-state index in [4.69, 9.17) is 4.74 Å². The van der Waals surface area contributed by atoms with Crippen molar-refractivity contribution >= 4 is 5.91 Å². The van der Waals surface area contributed by atoms with Crippen molar-refractivity contribution in [3.05, 3.63) is 35.9 Å². The van der Waals surface area contributed by atoms with Gasteiger partial charge in [0.15, 0.2) is 0 Å². The van der Waals surface area contributed by atoms with E-state index in [0.29, 0.717) is 18.5 Å². The van der Waals surface area contributed by atoms with E-state index in [9.17, 15) is 4.79 Å². The molecule has 4 nitrogen and oxygen atoms in total. The van der Waals surface area contributed by atoms with E-state index in [-0.39, 0.29) is 11.9 Å². The van der Waals surface area contributed by atoms with Crippen LogP contribution in [0.4, 0.5) is 0 Å². The summed E-state index contributed by atoms with van der Waals surface area (Å²) in [6.07, 6.45) is 1.08. The molecular weight excluding hydrogens is 252 g/mol. The number of carbonyl (C=O) groups is 1. The molecule has 0 bridgehead atoms. The number of hydrogen-bond donors (Lipinski definition) is 2. The number of rotatable bonds is 6. The number of amides is 1. The Morgan fingerprint density at radius 2 is 2.10 bits per heavy atom. The van der Waals surface area contributed by atoms with E-state index in [1.807, 2.05) is 37.3 Å². The summed E-state index contributed by atoms with van der Waals surface area (Å²) in [6, 6.07) is 10.3. The second kappa shape index (κ2) is 7.41. The summed E-state index contributed by atoms with van der Waals surface area (Å²) in [7, 11) is 0. The van der Waals surface area contributed by atoms with Crippen molar-refractivity contribution in [1.82, 2.24) is 10.6 Å². The minimum atomic E-state index is 0.0344. The molecule has 1 fully saturated rings. The Morgan fingerprint density at radius 1 is 1.35 bits per heavy atom. The van der Waals surface area contributed by atoms with Crippen LogP contribution in [0.5, 0.6) is 0 Å². The summed E-state index contributed by atoms with van der Waals surface area (Å²) >= 11 is 0. The minimum Gasteiger partial charge on any atom is -0.381 e. The van der Waals surface area contributed by atoms with Gasteiger partial charge in [0.2, 0.25) is 5.91 Å². The van der Waals surface area contributed by atoms with Gasteiger partial charge in [0, 0.05) is 12.6 Å². The van der Waals surface area contributed by atoms with Crippen LogP contribution in [0.3, 0.4) is 0 Å². The third-order valence-electron chi connectivity index (χ3n) is 3.93. The smallest absolute Gasteiger partial charge is 0.234 e. The number of ether oxygens (including phenoxy) is 1. The predicted octanol–water partition coefficient (Wildman–Crippen LogP) is 1.88. The van der Waals surface area contributed by atoms with Crippen LogP contribution in [0.25, 0.3) is 0 Å². The SMILES string of the molecule is C[C@H](NC(=O)CN[C@H](C)[C@@H]1CCOC1)c1ccccc1. The molecular formula is C16H24N2O2. The summed E-state index contributed by atoms with van der Waals surface area (Å²) in [5.74, 6) is 0.557. The normalized spacial score (nSPS) is 21.4. The van der Waals surface area contributed by atoms with Crippen LogP contribution in [-0.4, -0.2) is 31.7 Å². The van der Waals surface area contributed by atoms with Gasteiger partial charge in [0.05, 0.1) is 19.2 Å². The van der Waals surface area contributed by atoms with Crippen LogP contribution >= 0.6 is 0 Å². The number of nitrogens with one attached hydrogen (secondary N) is 2. The van der Waals surface area contributed by atoms with Gasteiger partial charge in [0.25, 0.3) is 0 Å². The highest BCUT2D eigenvalue weighted by molar-refractivity contribution is 5.78. The summed E-state index contributed by atoms with van der Waals surface area (Å²) in [4.78, 5) is 11.9. The Labute approximate surface area is 120 Å². The lowest BCUT2D eigenvalue weighted by molar-refractivity contribution is -0.121. The highest BCUT2D eigenvalue weighted by Gasteiger charge is 2.22. The molecule has 20 heavy (non-hydrogen) atoms. The molecule has 0 aromatic heterocycles. The zero-order valence-corrected chi connectivity index (χ0v) is 12.3. The van der Waals surface area contributed by atoms with Gasteiger partial charge in [-0.05, 0) is 31.7 Å². The topological polar surface area (TPSA) is 50.4 Å². The summed E-state index contributed by atoms with van der Waals surface area (Å²) in [5.41, 5.74) is 1.12. The van der Waals surface area contributed by atoms with Crippen molar-refractivity contribution < 1.29 is 9.53 Å². The second-order valence-electron chi connectivity index (χ2n) is 5.49. The van der Waals surface area contributed by atoms with Crippen molar-refractivity contribution in [2.75, 3.05) is 19.8 Å². The third-order valence-corrected chi connectivity index (χ3v) is 3.93. The highest BCUT2D eigenvalue weighted by Crippen LogP contribution is 2.16. The van der Waals surface area contributed by atoms with Crippen LogP contribution in [-0.2, 0) is 9.53 Å². The molecule has 3 atom stereocenters.